The average Bonchev–Trinajstić information content (AvgIpc) is 2.92. The lowest BCUT2D eigenvalue weighted by Gasteiger charge is -2.34. The van der Waals surface area contributed by atoms with Crippen molar-refractivity contribution in [3.63, 3.8) is 0 Å². The smallest absolute Gasteiger partial charge is 0.329 e. The Morgan fingerprint density at radius 2 is 1.59 bits per heavy atom. The highest BCUT2D eigenvalue weighted by molar-refractivity contribution is 5.78. The molecule has 27 heavy (non-hydrogen) atoms. The van der Waals surface area contributed by atoms with Crippen molar-refractivity contribution in [2.45, 2.75) is 32.9 Å². The number of hydrogen-bond acceptors (Lipinski definition) is 4. The lowest BCUT2D eigenvalue weighted by molar-refractivity contribution is -0.133. The summed E-state index contributed by atoms with van der Waals surface area (Å²) in [6.45, 7) is 5.76. The largest absolute Gasteiger partial charge is 0.369 e. The fourth-order valence-corrected chi connectivity index (χ4v) is 3.67. The molecule has 1 aromatic heterocycles. The highest BCUT2D eigenvalue weighted by Crippen LogP contribution is 2.14. The molecule has 0 atom stereocenters. The van der Waals surface area contributed by atoms with Crippen molar-refractivity contribution in [3.05, 3.63) is 34.7 Å². The lowest BCUT2D eigenvalue weighted by atomic mass is 10.2. The number of hydrogen-bond donors (Lipinski definition) is 1. The van der Waals surface area contributed by atoms with Crippen molar-refractivity contribution in [1.82, 2.24) is 18.9 Å². The third-order valence-corrected chi connectivity index (χ3v) is 5.03. The zero-order valence-electron chi connectivity index (χ0n) is 15.8. The summed E-state index contributed by atoms with van der Waals surface area (Å²) < 4.78 is 3.48. The van der Waals surface area contributed by atoms with Crippen LogP contribution >= 0.6 is 0 Å². The predicted molar refractivity (Wildman–Crippen MR) is 103 cm³/mol. The van der Waals surface area contributed by atoms with E-state index in [1.54, 1.807) is 14.0 Å². The number of piperazine rings is 1. The Hall–Kier alpha value is -2.61. The van der Waals surface area contributed by atoms with Crippen molar-refractivity contribution in [1.29, 1.82) is 0 Å². The van der Waals surface area contributed by atoms with Gasteiger partial charge in [0.25, 0.3) is 0 Å². The van der Waals surface area contributed by atoms with Crippen molar-refractivity contribution in [2.24, 2.45) is 5.73 Å². The third kappa shape index (κ3) is 4.21. The molecule has 0 unspecified atom stereocenters. The Bertz CT molecular complexity index is 877. The average molecular weight is 373 g/mol. The summed E-state index contributed by atoms with van der Waals surface area (Å²) in [7, 11) is 0. The number of carbonyl (C=O) groups excluding carboxylic acids is 2. The summed E-state index contributed by atoms with van der Waals surface area (Å²) in [5.74, 6) is -0.314. The Kier molecular flexibility index (Phi) is 5.95. The van der Waals surface area contributed by atoms with E-state index in [0.29, 0.717) is 39.3 Å². The van der Waals surface area contributed by atoms with E-state index in [1.807, 2.05) is 36.1 Å². The molecule has 2 aromatic rings. The number of rotatable bonds is 7. The summed E-state index contributed by atoms with van der Waals surface area (Å²) in [6, 6.07) is 7.71. The van der Waals surface area contributed by atoms with E-state index in [1.165, 1.54) is 0 Å². The van der Waals surface area contributed by atoms with Gasteiger partial charge in [-0.2, -0.15) is 0 Å². The summed E-state index contributed by atoms with van der Waals surface area (Å²) in [4.78, 5) is 40.1. The number of benzene rings is 1. The second-order valence-corrected chi connectivity index (χ2v) is 6.95. The number of para-hydroxylation sites is 2. The van der Waals surface area contributed by atoms with Gasteiger partial charge in [0.1, 0.15) is 0 Å². The van der Waals surface area contributed by atoms with Gasteiger partial charge in [-0.05, 0) is 18.6 Å². The van der Waals surface area contributed by atoms with Gasteiger partial charge in [0, 0.05) is 45.7 Å². The van der Waals surface area contributed by atoms with Gasteiger partial charge >= 0.3 is 5.69 Å². The molecule has 0 spiro atoms. The van der Waals surface area contributed by atoms with Crippen LogP contribution in [0.2, 0.25) is 0 Å². The number of aryl methyl sites for hydroxylation is 2. The molecule has 2 heterocycles. The Labute approximate surface area is 158 Å². The zero-order valence-corrected chi connectivity index (χ0v) is 15.8. The van der Waals surface area contributed by atoms with Gasteiger partial charge in [-0.1, -0.05) is 19.1 Å². The molecular formula is C19H27N5O3. The highest BCUT2D eigenvalue weighted by Gasteiger charge is 2.22. The normalized spacial score (nSPS) is 15.4. The van der Waals surface area contributed by atoms with Crippen LogP contribution in [0.5, 0.6) is 0 Å². The van der Waals surface area contributed by atoms with E-state index in [4.69, 9.17) is 5.73 Å². The molecule has 8 heteroatoms. The van der Waals surface area contributed by atoms with Gasteiger partial charge in [-0.25, -0.2) is 4.79 Å². The SMILES string of the molecule is CCCn1c(=O)n(CCC(=O)N2CCN(CC(N)=O)CC2)c2ccccc21. The lowest BCUT2D eigenvalue weighted by Crippen LogP contribution is -2.50. The number of nitrogens with zero attached hydrogens (tertiary/aromatic N) is 4. The summed E-state index contributed by atoms with van der Waals surface area (Å²) in [5, 5.41) is 0. The molecule has 0 bridgehead atoms. The number of primary amides is 1. The third-order valence-electron chi connectivity index (χ3n) is 5.03. The van der Waals surface area contributed by atoms with E-state index in [0.717, 1.165) is 17.5 Å². The quantitative estimate of drug-likeness (QED) is 0.752. The highest BCUT2D eigenvalue weighted by atomic mass is 16.2. The van der Waals surface area contributed by atoms with E-state index < -0.39 is 0 Å². The monoisotopic (exact) mass is 373 g/mol. The van der Waals surface area contributed by atoms with Crippen LogP contribution in [-0.2, 0) is 22.7 Å². The fraction of sp³-hybridized carbons (Fsp3) is 0.526. The van der Waals surface area contributed by atoms with Crippen molar-refractivity contribution >= 4 is 22.8 Å². The maximum Gasteiger partial charge on any atom is 0.329 e. The summed E-state index contributed by atoms with van der Waals surface area (Å²) >= 11 is 0. The minimum atomic E-state index is -0.349. The van der Waals surface area contributed by atoms with Crippen LogP contribution in [0.3, 0.4) is 0 Å². The van der Waals surface area contributed by atoms with E-state index >= 15 is 0 Å². The van der Waals surface area contributed by atoms with Crippen LogP contribution in [-0.4, -0.2) is 63.5 Å². The molecule has 0 radical (unpaired) electrons. The Morgan fingerprint density at radius 1 is 1.00 bits per heavy atom. The molecule has 2 N–H and O–H groups in total. The van der Waals surface area contributed by atoms with Gasteiger partial charge in [0.2, 0.25) is 11.8 Å². The molecule has 1 aliphatic rings. The summed E-state index contributed by atoms with van der Waals surface area (Å²) in [5.41, 5.74) is 6.94. The molecule has 1 aliphatic heterocycles. The maximum absolute atomic E-state index is 12.8. The molecule has 3 rings (SSSR count). The molecule has 1 aromatic carbocycles. The predicted octanol–water partition coefficient (Wildman–Crippen LogP) is 0.233. The molecule has 1 fully saturated rings. The number of carbonyl (C=O) groups is 2. The first-order valence-corrected chi connectivity index (χ1v) is 9.47. The minimum absolute atomic E-state index is 0.0351. The standard InChI is InChI=1S/C19H27N5O3/c1-2-8-23-15-5-3-4-6-16(15)24(19(23)27)9-7-18(26)22-12-10-21(11-13-22)14-17(20)25/h3-6H,2,7-14H2,1H3,(H2,20,25). The first-order chi connectivity index (χ1) is 13.0. The van der Waals surface area contributed by atoms with E-state index in [9.17, 15) is 14.4 Å². The molecule has 0 aliphatic carbocycles. The van der Waals surface area contributed by atoms with Crippen molar-refractivity contribution in [3.8, 4) is 0 Å². The Balaban J connectivity index is 1.65. The molecule has 8 nitrogen and oxygen atoms in total. The van der Waals surface area contributed by atoms with E-state index in [2.05, 4.69) is 0 Å². The molecule has 146 valence electrons. The van der Waals surface area contributed by atoms with E-state index in [-0.39, 0.29) is 30.5 Å². The molecular weight excluding hydrogens is 346 g/mol. The maximum atomic E-state index is 12.8. The Morgan fingerprint density at radius 3 is 2.15 bits per heavy atom. The van der Waals surface area contributed by atoms with Crippen LogP contribution in [0.4, 0.5) is 0 Å². The fourth-order valence-electron chi connectivity index (χ4n) is 3.67. The van der Waals surface area contributed by atoms with Crippen LogP contribution < -0.4 is 11.4 Å². The molecule has 2 amide bonds. The molecule has 0 saturated carbocycles. The first kappa shape index (κ1) is 19.2. The van der Waals surface area contributed by atoms with Crippen LogP contribution in [0.1, 0.15) is 19.8 Å². The zero-order chi connectivity index (χ0) is 19.4. The second kappa shape index (κ2) is 8.39. The van der Waals surface area contributed by atoms with Gasteiger partial charge in [0.05, 0.1) is 17.6 Å². The van der Waals surface area contributed by atoms with Gasteiger partial charge < -0.3 is 10.6 Å². The number of aromatic nitrogens is 2. The van der Waals surface area contributed by atoms with Crippen molar-refractivity contribution < 1.29 is 9.59 Å². The first-order valence-electron chi connectivity index (χ1n) is 9.47. The number of fused-ring (bicyclic) bond motifs is 1. The summed E-state index contributed by atoms with van der Waals surface area (Å²) in [6.07, 6.45) is 1.16. The second-order valence-electron chi connectivity index (χ2n) is 6.95. The van der Waals surface area contributed by atoms with Gasteiger partial charge in [-0.3, -0.25) is 23.6 Å². The number of nitrogens with two attached hydrogens (primary N) is 1. The topological polar surface area (TPSA) is 93.6 Å². The number of amides is 2. The van der Waals surface area contributed by atoms with Crippen molar-refractivity contribution in [2.75, 3.05) is 32.7 Å². The van der Waals surface area contributed by atoms with Crippen LogP contribution in [0.25, 0.3) is 11.0 Å². The van der Waals surface area contributed by atoms with Crippen LogP contribution in [0, 0.1) is 0 Å². The number of imidazole rings is 1. The molecule has 1 saturated heterocycles. The van der Waals surface area contributed by atoms with Gasteiger partial charge in [-0.15, -0.1) is 0 Å². The van der Waals surface area contributed by atoms with Gasteiger partial charge in [0.15, 0.2) is 0 Å². The van der Waals surface area contributed by atoms with Crippen LogP contribution in [0.15, 0.2) is 29.1 Å². The minimum Gasteiger partial charge on any atom is -0.369 e.